The molecular formula is C14H17N3O2. The predicted molar refractivity (Wildman–Crippen MR) is 72.4 cm³/mol. The zero-order chi connectivity index (χ0) is 13.2. The molecule has 1 aliphatic rings. The van der Waals surface area contributed by atoms with Crippen LogP contribution < -0.4 is 0 Å². The number of aldehydes is 1. The minimum absolute atomic E-state index is 0.149. The van der Waals surface area contributed by atoms with Crippen molar-refractivity contribution in [3.63, 3.8) is 0 Å². The maximum atomic E-state index is 11.1. The summed E-state index contributed by atoms with van der Waals surface area (Å²) < 4.78 is 7.78. The largest absolute Gasteiger partial charge is 0.374 e. The average molecular weight is 259 g/mol. The van der Waals surface area contributed by atoms with Gasteiger partial charge in [-0.15, -0.1) is 0 Å². The summed E-state index contributed by atoms with van der Waals surface area (Å²) in [6.45, 7) is 3.36. The maximum absolute atomic E-state index is 11.1. The standard InChI is InChI=1S/C14H17N3O2/c1-16-5-6-19-12(8-16)9-17-7-11(10-18)13-3-2-4-15-14(13)17/h2-4,7,10,12H,5-6,8-9H2,1H3. The molecule has 0 aliphatic carbocycles. The molecule has 0 radical (unpaired) electrons. The van der Waals surface area contributed by atoms with Gasteiger partial charge in [-0.25, -0.2) is 4.98 Å². The third-order valence-corrected chi connectivity index (χ3v) is 3.53. The highest BCUT2D eigenvalue weighted by Gasteiger charge is 2.19. The Balaban J connectivity index is 1.90. The summed E-state index contributed by atoms with van der Waals surface area (Å²) >= 11 is 0. The molecule has 1 atom stereocenters. The second-order valence-corrected chi connectivity index (χ2v) is 4.98. The molecule has 5 heteroatoms. The van der Waals surface area contributed by atoms with Crippen LogP contribution in [0.5, 0.6) is 0 Å². The summed E-state index contributed by atoms with van der Waals surface area (Å²) in [4.78, 5) is 17.7. The summed E-state index contributed by atoms with van der Waals surface area (Å²) in [6, 6.07) is 3.78. The average Bonchev–Trinajstić information content (AvgIpc) is 2.77. The molecule has 1 unspecified atom stereocenters. The molecule has 3 rings (SSSR count). The number of hydrogen-bond acceptors (Lipinski definition) is 4. The minimum Gasteiger partial charge on any atom is -0.374 e. The van der Waals surface area contributed by atoms with Crippen LogP contribution in [0, 0.1) is 0 Å². The molecule has 2 aromatic rings. The van der Waals surface area contributed by atoms with Crippen molar-refractivity contribution in [1.29, 1.82) is 0 Å². The first kappa shape index (κ1) is 12.3. The van der Waals surface area contributed by atoms with E-state index in [0.29, 0.717) is 5.56 Å². The summed E-state index contributed by atoms with van der Waals surface area (Å²) in [5, 5.41) is 0.904. The quantitative estimate of drug-likeness (QED) is 0.777. The number of ether oxygens (including phenoxy) is 1. The van der Waals surface area contributed by atoms with Crippen molar-refractivity contribution in [2.24, 2.45) is 0 Å². The first-order valence-corrected chi connectivity index (χ1v) is 6.47. The van der Waals surface area contributed by atoms with Crippen molar-refractivity contribution >= 4 is 17.3 Å². The molecule has 3 heterocycles. The van der Waals surface area contributed by atoms with Crippen LogP contribution in [0.2, 0.25) is 0 Å². The molecule has 1 aliphatic heterocycles. The lowest BCUT2D eigenvalue weighted by Gasteiger charge is -2.30. The Morgan fingerprint density at radius 2 is 2.47 bits per heavy atom. The lowest BCUT2D eigenvalue weighted by atomic mass is 10.2. The van der Waals surface area contributed by atoms with Crippen molar-refractivity contribution in [1.82, 2.24) is 14.5 Å². The maximum Gasteiger partial charge on any atom is 0.152 e. The molecule has 0 spiro atoms. The Labute approximate surface area is 111 Å². The van der Waals surface area contributed by atoms with Crippen LogP contribution in [0.25, 0.3) is 11.0 Å². The number of aromatic nitrogens is 2. The van der Waals surface area contributed by atoms with Crippen LogP contribution in [0.15, 0.2) is 24.5 Å². The number of carbonyl (C=O) groups excluding carboxylic acids is 1. The summed E-state index contributed by atoms with van der Waals surface area (Å²) in [5.74, 6) is 0. The van der Waals surface area contributed by atoms with Crippen molar-refractivity contribution in [2.75, 3.05) is 26.7 Å². The second-order valence-electron chi connectivity index (χ2n) is 4.98. The van der Waals surface area contributed by atoms with E-state index >= 15 is 0 Å². The molecule has 0 saturated carbocycles. The van der Waals surface area contributed by atoms with Crippen LogP contribution >= 0.6 is 0 Å². The first-order chi connectivity index (χ1) is 9.28. The molecule has 0 aromatic carbocycles. The highest BCUT2D eigenvalue weighted by molar-refractivity contribution is 5.95. The van der Waals surface area contributed by atoms with E-state index in [1.54, 1.807) is 6.20 Å². The SMILES string of the molecule is CN1CCOC(Cn2cc(C=O)c3cccnc32)C1. The van der Waals surface area contributed by atoms with E-state index in [9.17, 15) is 4.79 Å². The summed E-state index contributed by atoms with van der Waals surface area (Å²) in [7, 11) is 2.10. The van der Waals surface area contributed by atoms with Gasteiger partial charge in [-0.3, -0.25) is 4.79 Å². The Bertz CT molecular complexity index is 593. The minimum atomic E-state index is 0.149. The van der Waals surface area contributed by atoms with E-state index in [1.807, 2.05) is 22.9 Å². The Kier molecular flexibility index (Phi) is 3.31. The third-order valence-electron chi connectivity index (χ3n) is 3.53. The molecule has 2 aromatic heterocycles. The van der Waals surface area contributed by atoms with Gasteiger partial charge in [0.15, 0.2) is 6.29 Å². The number of pyridine rings is 1. The molecule has 0 N–H and O–H groups in total. The van der Waals surface area contributed by atoms with Gasteiger partial charge in [-0.2, -0.15) is 0 Å². The van der Waals surface area contributed by atoms with Gasteiger partial charge in [-0.1, -0.05) is 0 Å². The van der Waals surface area contributed by atoms with Crippen LogP contribution in [-0.4, -0.2) is 53.6 Å². The van der Waals surface area contributed by atoms with Gasteiger partial charge in [0.1, 0.15) is 5.65 Å². The van der Waals surface area contributed by atoms with Crippen LogP contribution in [-0.2, 0) is 11.3 Å². The highest BCUT2D eigenvalue weighted by atomic mass is 16.5. The Morgan fingerprint density at radius 1 is 1.58 bits per heavy atom. The van der Waals surface area contributed by atoms with Gasteiger partial charge >= 0.3 is 0 Å². The van der Waals surface area contributed by atoms with E-state index in [-0.39, 0.29) is 6.10 Å². The van der Waals surface area contributed by atoms with Crippen LogP contribution in [0.1, 0.15) is 10.4 Å². The summed E-state index contributed by atoms with van der Waals surface area (Å²) in [5.41, 5.74) is 1.54. The fourth-order valence-electron chi connectivity index (χ4n) is 2.58. The molecule has 0 amide bonds. The number of rotatable bonds is 3. The molecule has 0 bridgehead atoms. The number of carbonyl (C=O) groups is 1. The lowest BCUT2D eigenvalue weighted by molar-refractivity contribution is -0.0269. The van der Waals surface area contributed by atoms with Gasteiger partial charge < -0.3 is 14.2 Å². The van der Waals surface area contributed by atoms with Crippen molar-refractivity contribution in [2.45, 2.75) is 12.6 Å². The number of fused-ring (bicyclic) bond motifs is 1. The number of nitrogens with zero attached hydrogens (tertiary/aromatic N) is 3. The fraction of sp³-hybridized carbons (Fsp3) is 0.429. The smallest absolute Gasteiger partial charge is 0.152 e. The lowest BCUT2D eigenvalue weighted by Crippen LogP contribution is -2.41. The zero-order valence-electron chi connectivity index (χ0n) is 11.0. The number of likely N-dealkylation sites (N-methyl/N-ethyl adjacent to an activating group) is 1. The van der Waals surface area contributed by atoms with E-state index < -0.39 is 0 Å². The van der Waals surface area contributed by atoms with E-state index in [2.05, 4.69) is 16.9 Å². The number of hydrogen-bond donors (Lipinski definition) is 0. The highest BCUT2D eigenvalue weighted by Crippen LogP contribution is 2.19. The molecular weight excluding hydrogens is 242 g/mol. The normalized spacial score (nSPS) is 20.8. The topological polar surface area (TPSA) is 47.4 Å². The Morgan fingerprint density at radius 3 is 3.26 bits per heavy atom. The molecule has 19 heavy (non-hydrogen) atoms. The third kappa shape index (κ3) is 2.39. The molecule has 1 fully saturated rings. The van der Waals surface area contributed by atoms with Gasteiger partial charge in [0.2, 0.25) is 0 Å². The number of morpholine rings is 1. The van der Waals surface area contributed by atoms with Crippen molar-refractivity contribution in [3.05, 3.63) is 30.1 Å². The van der Waals surface area contributed by atoms with Crippen LogP contribution in [0.3, 0.4) is 0 Å². The fourth-order valence-corrected chi connectivity index (χ4v) is 2.58. The Hall–Kier alpha value is -1.72. The van der Waals surface area contributed by atoms with Crippen molar-refractivity contribution < 1.29 is 9.53 Å². The van der Waals surface area contributed by atoms with E-state index in [1.165, 1.54) is 0 Å². The van der Waals surface area contributed by atoms with E-state index in [0.717, 1.165) is 43.6 Å². The second kappa shape index (κ2) is 5.11. The predicted octanol–water partition coefficient (Wildman–Crippen LogP) is 1.18. The van der Waals surface area contributed by atoms with E-state index in [4.69, 9.17) is 4.74 Å². The van der Waals surface area contributed by atoms with Gasteiger partial charge in [0.25, 0.3) is 0 Å². The monoisotopic (exact) mass is 259 g/mol. The van der Waals surface area contributed by atoms with Gasteiger partial charge in [0, 0.05) is 36.4 Å². The molecule has 100 valence electrons. The first-order valence-electron chi connectivity index (χ1n) is 6.47. The van der Waals surface area contributed by atoms with Gasteiger partial charge in [0.05, 0.1) is 19.3 Å². The molecule has 5 nitrogen and oxygen atoms in total. The molecule has 1 saturated heterocycles. The van der Waals surface area contributed by atoms with Gasteiger partial charge in [-0.05, 0) is 19.2 Å². The zero-order valence-corrected chi connectivity index (χ0v) is 11.0. The van der Waals surface area contributed by atoms with Crippen molar-refractivity contribution in [3.8, 4) is 0 Å². The summed E-state index contributed by atoms with van der Waals surface area (Å²) in [6.07, 6.45) is 4.65. The van der Waals surface area contributed by atoms with Crippen LogP contribution in [0.4, 0.5) is 0 Å².